The Bertz CT molecular complexity index is 651. The van der Waals surface area contributed by atoms with Gasteiger partial charge in [0, 0.05) is 12.4 Å². The van der Waals surface area contributed by atoms with Gasteiger partial charge in [-0.05, 0) is 30.2 Å². The van der Waals surface area contributed by atoms with Crippen LogP contribution in [-0.2, 0) is 4.79 Å². The van der Waals surface area contributed by atoms with Crippen LogP contribution in [0.2, 0.25) is 10.0 Å². The number of H-pyrrole nitrogens is 1. The van der Waals surface area contributed by atoms with Crippen molar-refractivity contribution in [2.24, 2.45) is 0 Å². The Labute approximate surface area is 140 Å². The van der Waals surface area contributed by atoms with Crippen LogP contribution in [-0.4, -0.2) is 15.8 Å². The number of aromatic nitrogens is 2. The summed E-state index contributed by atoms with van der Waals surface area (Å²) in [6, 6.07) is 5.28. The lowest BCUT2D eigenvalue weighted by Gasteiger charge is -2.10. The highest BCUT2D eigenvalue weighted by molar-refractivity contribution is 6.42. The maximum atomic E-state index is 12.5. The van der Waals surface area contributed by atoms with Gasteiger partial charge >= 0.3 is 0 Å². The van der Waals surface area contributed by atoms with Crippen LogP contribution in [0.15, 0.2) is 36.7 Å². The number of hydrogen-bond donors (Lipinski definition) is 1. The molecule has 0 aliphatic heterocycles. The summed E-state index contributed by atoms with van der Waals surface area (Å²) >= 11 is 11.9. The second kappa shape index (κ2) is 8.16. The maximum Gasteiger partial charge on any atom is 0.166 e. The molecule has 0 saturated carbocycles. The van der Waals surface area contributed by atoms with E-state index >= 15 is 0 Å². The molecule has 1 aromatic carbocycles. The van der Waals surface area contributed by atoms with Crippen LogP contribution in [0.4, 0.5) is 0 Å². The van der Waals surface area contributed by atoms with Crippen molar-refractivity contribution >= 4 is 35.1 Å². The number of rotatable bonds is 7. The lowest BCUT2D eigenvalue weighted by Crippen LogP contribution is -2.11. The predicted molar refractivity (Wildman–Crippen MR) is 91.4 cm³/mol. The Morgan fingerprint density at radius 1 is 1.36 bits per heavy atom. The number of benzene rings is 1. The van der Waals surface area contributed by atoms with Crippen molar-refractivity contribution in [2.45, 2.75) is 32.1 Å². The Morgan fingerprint density at radius 3 is 2.82 bits per heavy atom. The van der Waals surface area contributed by atoms with Crippen molar-refractivity contribution in [3.8, 4) is 0 Å². The molecule has 1 aromatic heterocycles. The van der Waals surface area contributed by atoms with E-state index in [0.29, 0.717) is 10.0 Å². The Morgan fingerprint density at radius 2 is 2.18 bits per heavy atom. The van der Waals surface area contributed by atoms with E-state index in [1.165, 1.54) is 0 Å². The number of imidazole rings is 1. The molecule has 0 amide bonds. The summed E-state index contributed by atoms with van der Waals surface area (Å²) in [5, 5.41) is 0.978. The predicted octanol–water partition coefficient (Wildman–Crippen LogP) is 5.27. The fourth-order valence-corrected chi connectivity index (χ4v) is 2.51. The molecule has 2 rings (SSSR count). The second-order valence-corrected chi connectivity index (χ2v) is 5.89. The van der Waals surface area contributed by atoms with Crippen molar-refractivity contribution < 1.29 is 4.79 Å². The van der Waals surface area contributed by atoms with Gasteiger partial charge in [0.05, 0.1) is 16.0 Å². The third kappa shape index (κ3) is 4.46. The van der Waals surface area contributed by atoms with Crippen LogP contribution in [0.5, 0.6) is 0 Å². The zero-order valence-electron chi connectivity index (χ0n) is 12.4. The van der Waals surface area contributed by atoms with Crippen molar-refractivity contribution in [3.63, 3.8) is 0 Å². The number of nitrogens with one attached hydrogen (secondary N) is 1. The molecule has 1 heterocycles. The fourth-order valence-electron chi connectivity index (χ4n) is 2.20. The average Bonchev–Trinajstić information content (AvgIpc) is 3.03. The number of carbonyl (C=O) groups is 1. The zero-order chi connectivity index (χ0) is 15.9. The van der Waals surface area contributed by atoms with Crippen LogP contribution in [0, 0.1) is 0 Å². The second-order valence-electron chi connectivity index (χ2n) is 5.08. The molecule has 0 aliphatic carbocycles. The molecule has 0 saturated heterocycles. The van der Waals surface area contributed by atoms with Gasteiger partial charge < -0.3 is 4.98 Å². The molecule has 2 aromatic rings. The number of halogens is 2. The van der Waals surface area contributed by atoms with E-state index in [0.717, 1.165) is 30.7 Å². The topological polar surface area (TPSA) is 45.8 Å². The Hall–Kier alpha value is -1.58. The first kappa shape index (κ1) is 16.8. The standard InChI is InChI=1S/C17H18Cl2N2O/c1-2-3-4-13(17-20-9-10-21-17)16(22)8-6-12-5-7-14(18)15(19)11-12/h5-11,13H,2-4H2,1H3,(H,20,21). The lowest BCUT2D eigenvalue weighted by molar-refractivity contribution is -0.116. The van der Waals surface area contributed by atoms with Gasteiger partial charge in [0.15, 0.2) is 5.78 Å². The number of allylic oxidation sites excluding steroid dienone is 1. The molecule has 3 nitrogen and oxygen atoms in total. The molecule has 0 aliphatic rings. The summed E-state index contributed by atoms with van der Waals surface area (Å²) in [4.78, 5) is 19.7. The van der Waals surface area contributed by atoms with Gasteiger partial charge in [-0.1, -0.05) is 55.1 Å². The van der Waals surface area contributed by atoms with Gasteiger partial charge in [0.25, 0.3) is 0 Å². The first-order chi connectivity index (χ1) is 10.6. The summed E-state index contributed by atoms with van der Waals surface area (Å²) < 4.78 is 0. The largest absolute Gasteiger partial charge is 0.348 e. The summed E-state index contributed by atoms with van der Waals surface area (Å²) in [5.74, 6) is 0.528. The molecular formula is C17H18Cl2N2O. The summed E-state index contributed by atoms with van der Waals surface area (Å²) in [7, 11) is 0. The number of ketones is 1. The Balaban J connectivity index is 2.13. The van der Waals surface area contributed by atoms with Gasteiger partial charge in [-0.15, -0.1) is 0 Å². The van der Waals surface area contributed by atoms with Crippen LogP contribution in [0.1, 0.15) is 43.5 Å². The normalized spacial score (nSPS) is 12.7. The van der Waals surface area contributed by atoms with Crippen molar-refractivity contribution in [1.82, 2.24) is 9.97 Å². The average molecular weight is 337 g/mol. The third-order valence-corrected chi connectivity index (χ3v) is 4.16. The number of nitrogens with zero attached hydrogens (tertiary/aromatic N) is 1. The van der Waals surface area contributed by atoms with E-state index in [1.807, 2.05) is 6.07 Å². The molecule has 1 N–H and O–H groups in total. The highest BCUT2D eigenvalue weighted by Gasteiger charge is 2.20. The summed E-state index contributed by atoms with van der Waals surface area (Å²) in [6.45, 7) is 2.11. The lowest BCUT2D eigenvalue weighted by atomic mass is 9.96. The molecular weight excluding hydrogens is 319 g/mol. The van der Waals surface area contributed by atoms with Gasteiger partial charge in [-0.2, -0.15) is 0 Å². The molecule has 1 unspecified atom stereocenters. The minimum Gasteiger partial charge on any atom is -0.348 e. The molecule has 0 fully saturated rings. The molecule has 116 valence electrons. The monoisotopic (exact) mass is 336 g/mol. The smallest absolute Gasteiger partial charge is 0.166 e. The van der Waals surface area contributed by atoms with E-state index in [4.69, 9.17) is 23.2 Å². The Kier molecular flexibility index (Phi) is 6.22. The number of aromatic amines is 1. The molecule has 1 atom stereocenters. The van der Waals surface area contributed by atoms with E-state index < -0.39 is 0 Å². The van der Waals surface area contributed by atoms with Crippen molar-refractivity contribution in [1.29, 1.82) is 0 Å². The van der Waals surface area contributed by atoms with E-state index in [2.05, 4.69) is 16.9 Å². The van der Waals surface area contributed by atoms with Gasteiger partial charge in [0.1, 0.15) is 5.82 Å². The van der Waals surface area contributed by atoms with E-state index in [1.54, 1.807) is 36.7 Å². The zero-order valence-corrected chi connectivity index (χ0v) is 13.9. The molecule has 0 radical (unpaired) electrons. The SMILES string of the molecule is CCCCC(C(=O)C=Cc1ccc(Cl)c(Cl)c1)c1ncc[nH]1. The van der Waals surface area contributed by atoms with Gasteiger partial charge in [0.2, 0.25) is 0 Å². The molecule has 0 spiro atoms. The molecule has 22 heavy (non-hydrogen) atoms. The van der Waals surface area contributed by atoms with Crippen molar-refractivity contribution in [2.75, 3.05) is 0 Å². The molecule has 5 heteroatoms. The minimum atomic E-state index is -0.228. The number of carbonyl (C=O) groups excluding carboxylic acids is 1. The maximum absolute atomic E-state index is 12.5. The van der Waals surface area contributed by atoms with Gasteiger partial charge in [-0.3, -0.25) is 4.79 Å². The van der Waals surface area contributed by atoms with Gasteiger partial charge in [-0.25, -0.2) is 4.98 Å². The first-order valence-electron chi connectivity index (χ1n) is 7.28. The van der Waals surface area contributed by atoms with Crippen LogP contribution in [0.25, 0.3) is 6.08 Å². The fraction of sp³-hybridized carbons (Fsp3) is 0.294. The third-order valence-electron chi connectivity index (χ3n) is 3.42. The van der Waals surface area contributed by atoms with Crippen molar-refractivity contribution in [3.05, 3.63) is 58.1 Å². The summed E-state index contributed by atoms with van der Waals surface area (Å²) in [5.41, 5.74) is 0.844. The molecule has 0 bridgehead atoms. The summed E-state index contributed by atoms with van der Waals surface area (Å²) in [6.07, 6.45) is 9.57. The number of unbranched alkanes of at least 4 members (excludes halogenated alkanes) is 1. The van der Waals surface area contributed by atoms with E-state index in [-0.39, 0.29) is 11.7 Å². The minimum absolute atomic E-state index is 0.0365. The van der Waals surface area contributed by atoms with E-state index in [9.17, 15) is 4.79 Å². The van der Waals surface area contributed by atoms with Crippen LogP contribution in [0.3, 0.4) is 0 Å². The highest BCUT2D eigenvalue weighted by atomic mass is 35.5. The quantitative estimate of drug-likeness (QED) is 0.699. The first-order valence-corrected chi connectivity index (χ1v) is 8.03. The highest BCUT2D eigenvalue weighted by Crippen LogP contribution is 2.24. The van der Waals surface area contributed by atoms with Crippen LogP contribution >= 0.6 is 23.2 Å². The number of hydrogen-bond acceptors (Lipinski definition) is 2. The van der Waals surface area contributed by atoms with Crippen LogP contribution < -0.4 is 0 Å².